The van der Waals surface area contributed by atoms with Crippen LogP contribution in [0.4, 0.5) is 21.9 Å². The number of nitrogens with two attached hydrogens (primary N) is 1. The summed E-state index contributed by atoms with van der Waals surface area (Å²) in [5.41, 5.74) is 9.32. The van der Waals surface area contributed by atoms with E-state index in [0.717, 1.165) is 37.8 Å². The average Bonchev–Trinajstić information content (AvgIpc) is 3.80. The monoisotopic (exact) mass is 796 g/mol. The van der Waals surface area contributed by atoms with E-state index in [1.54, 1.807) is 66.8 Å². The lowest BCUT2D eigenvalue weighted by molar-refractivity contribution is -0.114. The van der Waals surface area contributed by atoms with Gasteiger partial charge in [0, 0.05) is 48.7 Å². The number of aliphatic imine (C=N–C) groups is 1. The molecule has 0 aromatic heterocycles. The molecule has 3 amide bonds. The Morgan fingerprint density at radius 3 is 2.36 bits per heavy atom. The quantitative estimate of drug-likeness (QED) is 0.0910. The van der Waals surface area contributed by atoms with Gasteiger partial charge in [0.1, 0.15) is 6.61 Å². The topological polar surface area (TPSA) is 175 Å². The van der Waals surface area contributed by atoms with E-state index in [-0.39, 0.29) is 42.6 Å². The van der Waals surface area contributed by atoms with Gasteiger partial charge in [0.05, 0.1) is 57.0 Å². The standard InChI is InChI=1S/C43H52N6O9/c1-28-17-33-23-45-35-20-39(38(55-4)19-34(35)42(52)48(33)24-28)56-15-6-5-7-16-57-40-21-36(30(26-50)18-37(40)54-3)49(25-32-9-8-14-47(32)2)43(53)58-27-29-10-12-31(13-11-29)46-41(51)22-44/h10-13,18-21,23,26,32-33H,1,5-9,14-17,22,24-25,27,44H2,2-4H3,(H,46,51). The summed E-state index contributed by atoms with van der Waals surface area (Å²) in [7, 11) is 5.06. The molecule has 0 saturated carbocycles. The summed E-state index contributed by atoms with van der Waals surface area (Å²) in [6, 6.07) is 13.6. The normalized spacial score (nSPS) is 17.3. The number of methoxy groups -OCH3 is 2. The number of hydrogen-bond donors (Lipinski definition) is 2. The minimum atomic E-state index is -0.615. The van der Waals surface area contributed by atoms with Gasteiger partial charge in [0.2, 0.25) is 5.91 Å². The number of rotatable bonds is 18. The zero-order valence-electron chi connectivity index (χ0n) is 33.4. The summed E-state index contributed by atoms with van der Waals surface area (Å²) in [4.78, 5) is 61.3. The van der Waals surface area contributed by atoms with Crippen molar-refractivity contribution in [2.45, 2.75) is 57.2 Å². The number of nitrogens with one attached hydrogen (secondary N) is 1. The van der Waals surface area contributed by atoms with Gasteiger partial charge in [-0.3, -0.25) is 24.3 Å². The van der Waals surface area contributed by atoms with Gasteiger partial charge in [-0.25, -0.2) is 4.79 Å². The maximum Gasteiger partial charge on any atom is 0.414 e. The highest BCUT2D eigenvalue weighted by molar-refractivity contribution is 6.04. The number of amides is 3. The van der Waals surface area contributed by atoms with Gasteiger partial charge >= 0.3 is 6.09 Å². The third-order valence-corrected chi connectivity index (χ3v) is 10.6. The van der Waals surface area contributed by atoms with Crippen molar-refractivity contribution in [2.24, 2.45) is 10.7 Å². The summed E-state index contributed by atoms with van der Waals surface area (Å²) in [5, 5.41) is 2.68. The highest BCUT2D eigenvalue weighted by Gasteiger charge is 2.34. The first-order chi connectivity index (χ1) is 28.1. The molecule has 3 aromatic carbocycles. The molecule has 3 aliphatic rings. The number of likely N-dealkylation sites (N-methyl/N-ethyl adjacent to an activating group) is 1. The van der Waals surface area contributed by atoms with E-state index < -0.39 is 6.09 Å². The van der Waals surface area contributed by atoms with Crippen LogP contribution < -0.4 is 34.9 Å². The number of anilines is 2. The zero-order valence-corrected chi connectivity index (χ0v) is 33.4. The number of benzene rings is 3. The van der Waals surface area contributed by atoms with Crippen LogP contribution in [-0.2, 0) is 16.1 Å². The summed E-state index contributed by atoms with van der Waals surface area (Å²) >= 11 is 0. The average molecular weight is 797 g/mol. The van der Waals surface area contributed by atoms with E-state index in [1.807, 2.05) is 7.05 Å². The molecule has 6 rings (SSSR count). The van der Waals surface area contributed by atoms with Gasteiger partial charge in [0.25, 0.3) is 5.91 Å². The van der Waals surface area contributed by atoms with E-state index in [1.165, 1.54) is 12.0 Å². The Morgan fingerprint density at radius 1 is 1.00 bits per heavy atom. The molecule has 15 heteroatoms. The molecular formula is C43H52N6O9. The van der Waals surface area contributed by atoms with Crippen molar-refractivity contribution in [3.63, 3.8) is 0 Å². The zero-order chi connectivity index (χ0) is 41.2. The molecule has 58 heavy (non-hydrogen) atoms. The van der Waals surface area contributed by atoms with Crippen molar-refractivity contribution in [1.29, 1.82) is 0 Å². The number of fused-ring (bicyclic) bond motifs is 2. The van der Waals surface area contributed by atoms with Gasteiger partial charge in [-0.15, -0.1) is 0 Å². The number of unbranched alkanes of at least 4 members (excludes halogenated alkanes) is 2. The largest absolute Gasteiger partial charge is 0.493 e. The molecule has 0 bridgehead atoms. The van der Waals surface area contributed by atoms with Crippen LogP contribution in [0.1, 0.15) is 64.8 Å². The maximum atomic E-state index is 13.8. The third-order valence-electron chi connectivity index (χ3n) is 10.6. The predicted octanol–water partition coefficient (Wildman–Crippen LogP) is 5.77. The van der Waals surface area contributed by atoms with Crippen LogP contribution >= 0.6 is 0 Å². The molecule has 2 unspecified atom stereocenters. The fraction of sp³-hybridized carbons (Fsp3) is 0.419. The Balaban J connectivity index is 1.07. The summed E-state index contributed by atoms with van der Waals surface area (Å²) in [6.07, 6.45) is 6.65. The van der Waals surface area contributed by atoms with Gasteiger partial charge in [-0.2, -0.15) is 0 Å². The van der Waals surface area contributed by atoms with Crippen molar-refractivity contribution >= 4 is 47.5 Å². The van der Waals surface area contributed by atoms with Gasteiger partial charge in [-0.05, 0) is 81.9 Å². The van der Waals surface area contributed by atoms with Gasteiger partial charge < -0.3 is 44.5 Å². The molecule has 3 aromatic rings. The molecule has 3 N–H and O–H groups in total. The van der Waals surface area contributed by atoms with E-state index in [4.69, 9.17) is 29.4 Å². The lowest BCUT2D eigenvalue weighted by Gasteiger charge is -2.30. The number of carbonyl (C=O) groups excluding carboxylic acids is 4. The van der Waals surface area contributed by atoms with Crippen LogP contribution in [-0.4, -0.2) is 113 Å². The Hall–Kier alpha value is -5.93. The van der Waals surface area contributed by atoms with Crippen LogP contribution in [0.25, 0.3) is 0 Å². The highest BCUT2D eigenvalue weighted by atomic mass is 16.6. The van der Waals surface area contributed by atoms with Crippen LogP contribution in [0.3, 0.4) is 0 Å². The molecule has 2 fully saturated rings. The number of carbonyl (C=O) groups is 4. The predicted molar refractivity (Wildman–Crippen MR) is 220 cm³/mol. The maximum absolute atomic E-state index is 13.8. The molecule has 0 aliphatic carbocycles. The molecule has 0 spiro atoms. The summed E-state index contributed by atoms with van der Waals surface area (Å²) in [5.74, 6) is 1.32. The van der Waals surface area contributed by atoms with Crippen molar-refractivity contribution in [2.75, 3.05) is 70.9 Å². The van der Waals surface area contributed by atoms with E-state index in [2.05, 4.69) is 21.8 Å². The number of hydrogen-bond acceptors (Lipinski definition) is 12. The van der Waals surface area contributed by atoms with Crippen molar-refractivity contribution in [3.8, 4) is 23.0 Å². The number of aldehydes is 1. The fourth-order valence-corrected chi connectivity index (χ4v) is 7.33. The Bertz CT molecular complexity index is 2020. The molecule has 3 aliphatic heterocycles. The lowest BCUT2D eigenvalue weighted by Crippen LogP contribution is -2.42. The summed E-state index contributed by atoms with van der Waals surface area (Å²) in [6.45, 7) is 6.35. The molecule has 2 saturated heterocycles. The molecule has 2 atom stereocenters. The number of ether oxygens (including phenoxy) is 5. The van der Waals surface area contributed by atoms with E-state index in [0.29, 0.717) is 96.6 Å². The molecule has 3 heterocycles. The minimum absolute atomic E-state index is 0.0244. The lowest BCUT2D eigenvalue weighted by atomic mass is 10.1. The third kappa shape index (κ3) is 9.95. The smallest absolute Gasteiger partial charge is 0.414 e. The van der Waals surface area contributed by atoms with Gasteiger partial charge in [0.15, 0.2) is 29.3 Å². The second-order valence-electron chi connectivity index (χ2n) is 14.6. The van der Waals surface area contributed by atoms with Gasteiger partial charge in [-0.1, -0.05) is 24.3 Å². The second kappa shape index (κ2) is 19.5. The van der Waals surface area contributed by atoms with Crippen LogP contribution in [0.5, 0.6) is 23.0 Å². The van der Waals surface area contributed by atoms with Crippen molar-refractivity contribution in [1.82, 2.24) is 9.80 Å². The van der Waals surface area contributed by atoms with Crippen LogP contribution in [0.15, 0.2) is 65.7 Å². The van der Waals surface area contributed by atoms with Crippen molar-refractivity contribution in [3.05, 3.63) is 77.4 Å². The van der Waals surface area contributed by atoms with E-state index in [9.17, 15) is 19.2 Å². The first-order valence-corrected chi connectivity index (χ1v) is 19.5. The molecule has 15 nitrogen and oxygen atoms in total. The second-order valence-corrected chi connectivity index (χ2v) is 14.6. The van der Waals surface area contributed by atoms with Crippen LogP contribution in [0, 0.1) is 0 Å². The number of likely N-dealkylation sites (tertiary alicyclic amines) is 1. The molecular weight excluding hydrogens is 745 g/mol. The highest BCUT2D eigenvalue weighted by Crippen LogP contribution is 2.39. The molecule has 0 radical (unpaired) electrons. The fourth-order valence-electron chi connectivity index (χ4n) is 7.33. The first kappa shape index (κ1) is 41.7. The van der Waals surface area contributed by atoms with Crippen molar-refractivity contribution < 1.29 is 42.9 Å². The Morgan fingerprint density at radius 2 is 1.71 bits per heavy atom. The van der Waals surface area contributed by atoms with Crippen LogP contribution in [0.2, 0.25) is 0 Å². The first-order valence-electron chi connectivity index (χ1n) is 19.5. The Kier molecular flexibility index (Phi) is 14.0. The number of nitrogens with zero attached hydrogens (tertiary/aromatic N) is 4. The Labute approximate surface area is 338 Å². The minimum Gasteiger partial charge on any atom is -0.493 e. The van der Waals surface area contributed by atoms with E-state index >= 15 is 0 Å². The summed E-state index contributed by atoms with van der Waals surface area (Å²) < 4.78 is 29.3. The molecule has 308 valence electrons. The SMILES string of the molecule is C=C1CC2C=Nc3cc(OCCCCCOc4cc(N(CC5CCCN5C)C(=O)OCc5ccc(NC(=O)CN)cc5)c(C=O)cc4OC)c(OC)cc3C(=O)N2C1.